The minimum absolute atomic E-state index is 0.164. The Bertz CT molecular complexity index is 1040. The Morgan fingerprint density at radius 1 is 1.03 bits per heavy atom. The number of likely N-dealkylation sites (tertiary alicyclic amines) is 1. The third-order valence-electron chi connectivity index (χ3n) is 6.11. The van der Waals surface area contributed by atoms with E-state index in [1.165, 1.54) is 5.56 Å². The highest BCUT2D eigenvalue weighted by Crippen LogP contribution is 2.25. The molecule has 5 rings (SSSR count). The molecule has 2 aliphatic rings. The highest BCUT2D eigenvalue weighted by Gasteiger charge is 2.26. The van der Waals surface area contributed by atoms with E-state index in [9.17, 15) is 4.79 Å². The number of benzene rings is 2. The first-order valence-corrected chi connectivity index (χ1v) is 10.5. The molecule has 150 valence electrons. The van der Waals surface area contributed by atoms with Crippen molar-refractivity contribution in [1.29, 1.82) is 0 Å². The second-order valence-electron chi connectivity index (χ2n) is 8.16. The van der Waals surface area contributed by atoms with E-state index in [2.05, 4.69) is 50.8 Å². The molecule has 0 aliphatic carbocycles. The number of aromatic nitrogens is 2. The predicted octanol–water partition coefficient (Wildman–Crippen LogP) is 2.44. The number of anilines is 1. The Morgan fingerprint density at radius 3 is 2.62 bits per heavy atom. The molecule has 1 aromatic heterocycles. The topological polar surface area (TPSA) is 62.2 Å². The van der Waals surface area contributed by atoms with E-state index in [1.54, 1.807) is 4.57 Å². The summed E-state index contributed by atoms with van der Waals surface area (Å²) in [4.78, 5) is 19.1. The average Bonchev–Trinajstić information content (AvgIpc) is 3.19. The van der Waals surface area contributed by atoms with Crippen LogP contribution in [0, 0.1) is 0 Å². The van der Waals surface area contributed by atoms with Crippen molar-refractivity contribution in [3.63, 3.8) is 0 Å². The van der Waals surface area contributed by atoms with Crippen LogP contribution in [0.3, 0.4) is 0 Å². The van der Waals surface area contributed by atoms with Crippen molar-refractivity contribution in [1.82, 2.24) is 19.8 Å². The maximum atomic E-state index is 12.3. The number of piperidine rings is 1. The van der Waals surface area contributed by atoms with Gasteiger partial charge in [-0.25, -0.2) is 4.79 Å². The SMILES string of the molecule is O=c1nc2ccccc2c2n1CC(CNC1CCN(Cc3ccccc3)CC1)N2. The Labute approximate surface area is 170 Å². The summed E-state index contributed by atoms with van der Waals surface area (Å²) >= 11 is 0. The smallest absolute Gasteiger partial charge is 0.349 e. The number of hydrogen-bond donors (Lipinski definition) is 2. The molecular formula is C23H27N5O. The number of hydrogen-bond acceptors (Lipinski definition) is 5. The summed E-state index contributed by atoms with van der Waals surface area (Å²) in [5.41, 5.74) is 1.98. The lowest BCUT2D eigenvalue weighted by atomic mass is 10.0. The van der Waals surface area contributed by atoms with Gasteiger partial charge in [-0.2, -0.15) is 4.98 Å². The van der Waals surface area contributed by atoms with Gasteiger partial charge in [0, 0.05) is 24.5 Å². The van der Waals surface area contributed by atoms with Crippen molar-refractivity contribution >= 4 is 16.7 Å². The standard InChI is InChI=1S/C23H27N5O/c29-23-26-21-9-5-4-8-20(21)22-25-19(16-28(22)23)14-24-18-10-12-27(13-11-18)15-17-6-2-1-3-7-17/h1-9,18-19,24-25H,10-16H2. The lowest BCUT2D eigenvalue weighted by Gasteiger charge is -2.33. The van der Waals surface area contributed by atoms with E-state index in [-0.39, 0.29) is 11.7 Å². The molecule has 1 atom stereocenters. The van der Waals surface area contributed by atoms with Crippen LogP contribution >= 0.6 is 0 Å². The highest BCUT2D eigenvalue weighted by atomic mass is 16.1. The second kappa shape index (κ2) is 7.97. The molecule has 2 N–H and O–H groups in total. The van der Waals surface area contributed by atoms with Crippen LogP contribution in [0.5, 0.6) is 0 Å². The fourth-order valence-electron chi connectivity index (χ4n) is 4.52. The lowest BCUT2D eigenvalue weighted by molar-refractivity contribution is 0.190. The van der Waals surface area contributed by atoms with Gasteiger partial charge in [0.15, 0.2) is 0 Å². The first-order chi connectivity index (χ1) is 14.3. The molecule has 0 bridgehead atoms. The molecule has 29 heavy (non-hydrogen) atoms. The van der Waals surface area contributed by atoms with Crippen molar-refractivity contribution in [2.45, 2.75) is 38.0 Å². The van der Waals surface area contributed by atoms with E-state index in [1.807, 2.05) is 24.3 Å². The molecule has 0 radical (unpaired) electrons. The Kier molecular flexibility index (Phi) is 5.04. The number of rotatable bonds is 5. The van der Waals surface area contributed by atoms with E-state index in [0.29, 0.717) is 12.6 Å². The molecule has 6 nitrogen and oxygen atoms in total. The van der Waals surface area contributed by atoms with Crippen LogP contribution in [-0.2, 0) is 13.1 Å². The van der Waals surface area contributed by atoms with Crippen molar-refractivity contribution in [2.75, 3.05) is 25.0 Å². The zero-order valence-corrected chi connectivity index (χ0v) is 16.6. The summed E-state index contributed by atoms with van der Waals surface area (Å²) < 4.78 is 1.77. The normalized spacial score (nSPS) is 19.9. The molecule has 2 aromatic carbocycles. The van der Waals surface area contributed by atoms with E-state index < -0.39 is 0 Å². The van der Waals surface area contributed by atoms with Crippen LogP contribution in [0.1, 0.15) is 18.4 Å². The molecule has 0 spiro atoms. The maximum Gasteiger partial charge on any atom is 0.349 e. The Morgan fingerprint density at radius 2 is 1.79 bits per heavy atom. The van der Waals surface area contributed by atoms with Crippen molar-refractivity contribution in [2.24, 2.45) is 0 Å². The van der Waals surface area contributed by atoms with Crippen LogP contribution in [-0.4, -0.2) is 46.2 Å². The molecule has 3 aromatic rings. The minimum Gasteiger partial charge on any atom is -0.365 e. The zero-order chi connectivity index (χ0) is 19.6. The van der Waals surface area contributed by atoms with E-state index in [0.717, 1.165) is 55.7 Å². The molecule has 1 unspecified atom stereocenters. The summed E-state index contributed by atoms with van der Waals surface area (Å²) in [5, 5.41) is 8.29. The molecular weight excluding hydrogens is 362 g/mol. The number of fused-ring (bicyclic) bond motifs is 3. The van der Waals surface area contributed by atoms with Crippen molar-refractivity contribution in [3.05, 3.63) is 70.6 Å². The van der Waals surface area contributed by atoms with Crippen molar-refractivity contribution in [3.8, 4) is 0 Å². The average molecular weight is 390 g/mol. The monoisotopic (exact) mass is 389 g/mol. The zero-order valence-electron chi connectivity index (χ0n) is 16.6. The van der Waals surface area contributed by atoms with Crippen LogP contribution in [0.2, 0.25) is 0 Å². The Balaban J connectivity index is 1.15. The molecule has 1 saturated heterocycles. The number of nitrogens with zero attached hydrogens (tertiary/aromatic N) is 3. The summed E-state index contributed by atoms with van der Waals surface area (Å²) in [7, 11) is 0. The minimum atomic E-state index is -0.164. The number of para-hydroxylation sites is 1. The Hall–Kier alpha value is -2.70. The third kappa shape index (κ3) is 3.91. The fraction of sp³-hybridized carbons (Fsp3) is 0.391. The van der Waals surface area contributed by atoms with Gasteiger partial charge in [-0.3, -0.25) is 9.47 Å². The first-order valence-electron chi connectivity index (χ1n) is 10.5. The molecule has 6 heteroatoms. The van der Waals surface area contributed by atoms with Gasteiger partial charge in [0.05, 0.1) is 18.1 Å². The van der Waals surface area contributed by atoms with Gasteiger partial charge in [0.25, 0.3) is 0 Å². The molecule has 2 aliphatic heterocycles. The van der Waals surface area contributed by atoms with Gasteiger partial charge in [0.2, 0.25) is 0 Å². The molecule has 0 saturated carbocycles. The molecule has 0 amide bonds. The van der Waals surface area contributed by atoms with Crippen LogP contribution in [0.25, 0.3) is 10.9 Å². The first kappa shape index (κ1) is 18.3. The largest absolute Gasteiger partial charge is 0.365 e. The van der Waals surface area contributed by atoms with Gasteiger partial charge < -0.3 is 10.6 Å². The van der Waals surface area contributed by atoms with Crippen LogP contribution in [0.4, 0.5) is 5.82 Å². The van der Waals surface area contributed by atoms with Gasteiger partial charge in [-0.1, -0.05) is 42.5 Å². The van der Waals surface area contributed by atoms with Crippen molar-refractivity contribution < 1.29 is 0 Å². The van der Waals surface area contributed by atoms with Crippen LogP contribution in [0.15, 0.2) is 59.4 Å². The van der Waals surface area contributed by atoms with Crippen LogP contribution < -0.4 is 16.3 Å². The summed E-state index contributed by atoms with van der Waals surface area (Å²) in [6.45, 7) is 4.82. The second-order valence-corrected chi connectivity index (χ2v) is 8.16. The molecule has 3 heterocycles. The number of nitrogens with one attached hydrogen (secondary N) is 2. The summed E-state index contributed by atoms with van der Waals surface area (Å²) in [6.07, 6.45) is 2.33. The summed E-state index contributed by atoms with van der Waals surface area (Å²) in [5.74, 6) is 0.907. The predicted molar refractivity (Wildman–Crippen MR) is 116 cm³/mol. The lowest BCUT2D eigenvalue weighted by Crippen LogP contribution is -2.45. The summed E-state index contributed by atoms with van der Waals surface area (Å²) in [6, 6.07) is 19.3. The quantitative estimate of drug-likeness (QED) is 0.702. The van der Waals surface area contributed by atoms with Gasteiger partial charge >= 0.3 is 5.69 Å². The highest BCUT2D eigenvalue weighted by molar-refractivity contribution is 5.89. The van der Waals surface area contributed by atoms with Gasteiger partial charge in [-0.05, 0) is 43.6 Å². The van der Waals surface area contributed by atoms with Gasteiger partial charge in [-0.15, -0.1) is 0 Å². The van der Waals surface area contributed by atoms with Gasteiger partial charge in [0.1, 0.15) is 5.82 Å². The molecule has 1 fully saturated rings. The maximum absolute atomic E-state index is 12.3. The van der Waals surface area contributed by atoms with E-state index in [4.69, 9.17) is 0 Å². The third-order valence-corrected chi connectivity index (χ3v) is 6.11. The van der Waals surface area contributed by atoms with E-state index >= 15 is 0 Å². The fourth-order valence-corrected chi connectivity index (χ4v) is 4.52.